The highest BCUT2D eigenvalue weighted by Crippen LogP contribution is 2.31. The Morgan fingerprint density at radius 1 is 0.938 bits per heavy atom. The first kappa shape index (κ1) is 21.3. The first-order chi connectivity index (χ1) is 15.5. The molecule has 1 heterocycles. The molecular formula is C26H26N4O2. The van der Waals surface area contributed by atoms with Gasteiger partial charge >= 0.3 is 0 Å². The molecule has 0 saturated carbocycles. The van der Waals surface area contributed by atoms with Crippen molar-refractivity contribution in [1.82, 2.24) is 9.99 Å². The maximum absolute atomic E-state index is 12.5. The van der Waals surface area contributed by atoms with Gasteiger partial charge in [0.05, 0.1) is 6.42 Å². The van der Waals surface area contributed by atoms with Crippen LogP contribution in [-0.4, -0.2) is 22.1 Å². The van der Waals surface area contributed by atoms with Gasteiger partial charge in [-0.15, -0.1) is 0 Å². The van der Waals surface area contributed by atoms with Crippen molar-refractivity contribution < 1.29 is 9.59 Å². The number of carbonyl (C=O) groups is 2. The maximum atomic E-state index is 12.5. The Morgan fingerprint density at radius 2 is 1.66 bits per heavy atom. The van der Waals surface area contributed by atoms with Crippen molar-refractivity contribution in [3.05, 3.63) is 77.9 Å². The van der Waals surface area contributed by atoms with Crippen LogP contribution in [0.4, 0.5) is 5.69 Å². The van der Waals surface area contributed by atoms with Gasteiger partial charge in [-0.25, -0.2) is 5.43 Å². The summed E-state index contributed by atoms with van der Waals surface area (Å²) in [6.45, 7) is 6.68. The molecule has 0 atom stereocenters. The second-order valence-electron chi connectivity index (χ2n) is 7.87. The number of carbonyl (C=O) groups excluding carboxylic acids is 2. The predicted octanol–water partition coefficient (Wildman–Crippen LogP) is 5.26. The molecule has 4 rings (SSSR count). The number of fused-ring (bicyclic) bond motifs is 3. The molecule has 6 heteroatoms. The molecule has 6 nitrogen and oxygen atoms in total. The smallest absolute Gasteiger partial charge is 0.271 e. The van der Waals surface area contributed by atoms with E-state index in [1.54, 1.807) is 19.1 Å². The lowest BCUT2D eigenvalue weighted by molar-refractivity contribution is -0.115. The zero-order valence-electron chi connectivity index (χ0n) is 18.5. The van der Waals surface area contributed by atoms with E-state index in [1.807, 2.05) is 49.4 Å². The van der Waals surface area contributed by atoms with Gasteiger partial charge in [-0.2, -0.15) is 5.10 Å². The third-order valence-electron chi connectivity index (χ3n) is 5.45. The van der Waals surface area contributed by atoms with Crippen molar-refractivity contribution in [3.8, 4) is 0 Å². The van der Waals surface area contributed by atoms with Gasteiger partial charge in [-0.05, 0) is 57.2 Å². The van der Waals surface area contributed by atoms with E-state index in [-0.39, 0.29) is 18.2 Å². The minimum Gasteiger partial charge on any atom is -0.341 e. The predicted molar refractivity (Wildman–Crippen MR) is 130 cm³/mol. The molecule has 0 radical (unpaired) electrons. The van der Waals surface area contributed by atoms with Gasteiger partial charge in [0.15, 0.2) is 0 Å². The minimum absolute atomic E-state index is 0.0862. The summed E-state index contributed by atoms with van der Waals surface area (Å²) in [5.74, 6) is -0.489. The molecular weight excluding hydrogens is 400 g/mol. The highest BCUT2D eigenvalue weighted by Gasteiger charge is 2.11. The monoisotopic (exact) mass is 426 g/mol. The molecule has 0 aliphatic heterocycles. The summed E-state index contributed by atoms with van der Waals surface area (Å²) in [6, 6.07) is 21.5. The van der Waals surface area contributed by atoms with E-state index in [2.05, 4.69) is 39.5 Å². The fourth-order valence-corrected chi connectivity index (χ4v) is 3.86. The lowest BCUT2D eigenvalue weighted by Crippen LogP contribution is -2.21. The van der Waals surface area contributed by atoms with Gasteiger partial charge in [-0.1, -0.05) is 35.9 Å². The van der Waals surface area contributed by atoms with Gasteiger partial charge in [0.25, 0.3) is 5.91 Å². The number of rotatable bonds is 6. The van der Waals surface area contributed by atoms with E-state index in [0.717, 1.165) is 34.1 Å². The summed E-state index contributed by atoms with van der Waals surface area (Å²) in [4.78, 5) is 24.7. The van der Waals surface area contributed by atoms with Crippen LogP contribution in [0.1, 0.15) is 36.2 Å². The SMILES string of the molecule is CCn1c2ccccc2c2cc(NC(=O)C/C(C)=N/NC(=O)c3ccc(C)cc3)ccc21. The number of para-hydroxylation sites is 1. The molecule has 0 aliphatic rings. The summed E-state index contributed by atoms with van der Waals surface area (Å²) >= 11 is 0. The standard InChI is InChI=1S/C26H26N4O2/c1-4-30-23-8-6-5-7-21(23)22-16-20(13-14-24(22)30)27-25(31)15-18(3)28-29-26(32)19-11-9-17(2)10-12-19/h5-14,16H,4,15H2,1-3H3,(H,27,31)(H,29,32)/b28-18+. The molecule has 0 unspecified atom stereocenters. The van der Waals surface area contributed by atoms with Gasteiger partial charge in [0.1, 0.15) is 0 Å². The average molecular weight is 427 g/mol. The van der Waals surface area contributed by atoms with Gasteiger partial charge in [0.2, 0.25) is 5.91 Å². The van der Waals surface area contributed by atoms with Crippen LogP contribution in [0.2, 0.25) is 0 Å². The Labute approximate surface area is 186 Å². The number of amides is 2. The molecule has 2 N–H and O–H groups in total. The van der Waals surface area contributed by atoms with Crippen LogP contribution in [0, 0.1) is 6.92 Å². The molecule has 0 bridgehead atoms. The zero-order valence-corrected chi connectivity index (χ0v) is 18.5. The number of hydrazone groups is 1. The summed E-state index contributed by atoms with van der Waals surface area (Å²) in [7, 11) is 0. The van der Waals surface area contributed by atoms with Crippen LogP contribution < -0.4 is 10.7 Å². The minimum atomic E-state index is -0.303. The summed E-state index contributed by atoms with van der Waals surface area (Å²) < 4.78 is 2.27. The Hall–Kier alpha value is -3.93. The van der Waals surface area contributed by atoms with Crippen molar-refractivity contribution in [1.29, 1.82) is 0 Å². The van der Waals surface area contributed by atoms with Crippen molar-refractivity contribution in [2.45, 2.75) is 33.7 Å². The molecule has 2 amide bonds. The molecule has 0 spiro atoms. The number of nitrogens with zero attached hydrogens (tertiary/aromatic N) is 2. The van der Waals surface area contributed by atoms with E-state index >= 15 is 0 Å². The zero-order chi connectivity index (χ0) is 22.7. The van der Waals surface area contributed by atoms with Crippen LogP contribution >= 0.6 is 0 Å². The van der Waals surface area contributed by atoms with E-state index < -0.39 is 0 Å². The van der Waals surface area contributed by atoms with Crippen molar-refractivity contribution >= 4 is 45.0 Å². The van der Waals surface area contributed by atoms with Crippen LogP contribution in [0.3, 0.4) is 0 Å². The van der Waals surface area contributed by atoms with E-state index in [1.165, 1.54) is 5.52 Å². The normalized spacial score (nSPS) is 11.7. The van der Waals surface area contributed by atoms with Crippen LogP contribution in [0.25, 0.3) is 21.8 Å². The van der Waals surface area contributed by atoms with Gasteiger partial charge in [-0.3, -0.25) is 9.59 Å². The number of anilines is 1. The quantitative estimate of drug-likeness (QED) is 0.326. The van der Waals surface area contributed by atoms with Crippen molar-refractivity contribution in [2.24, 2.45) is 5.10 Å². The van der Waals surface area contributed by atoms with Crippen molar-refractivity contribution in [3.63, 3.8) is 0 Å². The van der Waals surface area contributed by atoms with E-state index in [4.69, 9.17) is 0 Å². The third-order valence-corrected chi connectivity index (χ3v) is 5.45. The van der Waals surface area contributed by atoms with E-state index in [9.17, 15) is 9.59 Å². The second-order valence-corrected chi connectivity index (χ2v) is 7.87. The molecule has 4 aromatic rings. The molecule has 0 fully saturated rings. The second kappa shape index (κ2) is 9.06. The average Bonchev–Trinajstić information content (AvgIpc) is 3.11. The molecule has 0 saturated heterocycles. The Balaban J connectivity index is 1.44. The van der Waals surface area contributed by atoms with Crippen molar-refractivity contribution in [2.75, 3.05) is 5.32 Å². The van der Waals surface area contributed by atoms with Gasteiger partial charge < -0.3 is 9.88 Å². The first-order valence-electron chi connectivity index (χ1n) is 10.7. The Kier molecular flexibility index (Phi) is 6.03. The number of nitrogens with one attached hydrogen (secondary N) is 2. The third kappa shape index (κ3) is 4.39. The number of aromatic nitrogens is 1. The lowest BCUT2D eigenvalue weighted by Gasteiger charge is -2.07. The summed E-state index contributed by atoms with van der Waals surface area (Å²) in [6.07, 6.45) is 0.0862. The molecule has 0 aliphatic carbocycles. The van der Waals surface area contributed by atoms with Crippen LogP contribution in [0.5, 0.6) is 0 Å². The lowest BCUT2D eigenvalue weighted by atomic mass is 10.1. The maximum Gasteiger partial charge on any atom is 0.271 e. The first-order valence-corrected chi connectivity index (χ1v) is 10.7. The molecule has 1 aromatic heterocycles. The fraction of sp³-hybridized carbons (Fsp3) is 0.192. The van der Waals surface area contributed by atoms with Crippen LogP contribution in [0.15, 0.2) is 71.8 Å². The highest BCUT2D eigenvalue weighted by atomic mass is 16.2. The Bertz CT molecular complexity index is 1330. The largest absolute Gasteiger partial charge is 0.341 e. The molecule has 32 heavy (non-hydrogen) atoms. The Morgan fingerprint density at radius 3 is 2.41 bits per heavy atom. The van der Waals surface area contributed by atoms with Crippen LogP contribution in [-0.2, 0) is 11.3 Å². The van der Waals surface area contributed by atoms with E-state index in [0.29, 0.717) is 11.3 Å². The summed E-state index contributed by atoms with van der Waals surface area (Å²) in [5, 5.41) is 9.27. The number of hydrogen-bond donors (Lipinski definition) is 2. The molecule has 3 aromatic carbocycles. The van der Waals surface area contributed by atoms with Gasteiger partial charge in [0, 0.05) is 45.3 Å². The fourth-order valence-electron chi connectivity index (χ4n) is 3.86. The number of aryl methyl sites for hydroxylation is 2. The topological polar surface area (TPSA) is 75.5 Å². The number of hydrogen-bond acceptors (Lipinski definition) is 3. The number of benzene rings is 3. The highest BCUT2D eigenvalue weighted by molar-refractivity contribution is 6.11. The summed E-state index contributed by atoms with van der Waals surface area (Å²) in [5.41, 5.74) is 7.69. The molecule has 162 valence electrons.